The van der Waals surface area contributed by atoms with Gasteiger partial charge in [0.2, 0.25) is 11.9 Å². The summed E-state index contributed by atoms with van der Waals surface area (Å²) in [7, 11) is 1.81. The minimum atomic E-state index is -0.0933. The third kappa shape index (κ3) is 3.97. The molecule has 0 saturated carbocycles. The molecule has 0 spiro atoms. The molecule has 1 fully saturated rings. The number of aryl methyl sites for hydroxylation is 1. The summed E-state index contributed by atoms with van der Waals surface area (Å²) in [5, 5.41) is 10.7. The van der Waals surface area contributed by atoms with E-state index in [0.717, 1.165) is 41.8 Å². The van der Waals surface area contributed by atoms with Crippen molar-refractivity contribution >= 4 is 27.8 Å². The fourth-order valence-corrected chi connectivity index (χ4v) is 3.17. The number of nitrogens with zero attached hydrogens (tertiary/aromatic N) is 3. The number of anilines is 1. The minimum Gasteiger partial charge on any atom is -0.317 e. The molecule has 2 heterocycles. The Labute approximate surface area is 143 Å². The molecule has 2 N–H and O–H groups in total. The van der Waals surface area contributed by atoms with Gasteiger partial charge in [-0.1, -0.05) is 34.1 Å². The van der Waals surface area contributed by atoms with Gasteiger partial charge in [0.1, 0.15) is 0 Å². The number of amides is 1. The highest BCUT2D eigenvalue weighted by Crippen LogP contribution is 2.23. The Kier molecular flexibility index (Phi) is 5.07. The van der Waals surface area contributed by atoms with Crippen LogP contribution in [0.25, 0.3) is 0 Å². The summed E-state index contributed by atoms with van der Waals surface area (Å²) in [6.45, 7) is 1.99. The van der Waals surface area contributed by atoms with Crippen molar-refractivity contribution in [3.8, 4) is 0 Å². The molecule has 23 heavy (non-hydrogen) atoms. The van der Waals surface area contributed by atoms with E-state index in [-0.39, 0.29) is 5.91 Å². The van der Waals surface area contributed by atoms with E-state index in [0.29, 0.717) is 18.3 Å². The van der Waals surface area contributed by atoms with Crippen molar-refractivity contribution in [1.82, 2.24) is 20.1 Å². The lowest BCUT2D eigenvalue weighted by Crippen LogP contribution is -2.27. The van der Waals surface area contributed by atoms with Crippen molar-refractivity contribution < 1.29 is 4.79 Å². The number of hydrogen-bond acceptors (Lipinski definition) is 4. The largest absolute Gasteiger partial charge is 0.317 e. The van der Waals surface area contributed by atoms with Crippen LogP contribution in [-0.4, -0.2) is 33.8 Å². The fraction of sp³-hybridized carbons (Fsp3) is 0.438. The van der Waals surface area contributed by atoms with Crippen molar-refractivity contribution in [2.45, 2.75) is 25.2 Å². The molecular formula is C16H20BrN5O. The van der Waals surface area contributed by atoms with Gasteiger partial charge in [0, 0.05) is 17.4 Å². The Bertz CT molecular complexity index is 694. The van der Waals surface area contributed by atoms with Gasteiger partial charge < -0.3 is 5.32 Å². The number of benzene rings is 1. The highest BCUT2D eigenvalue weighted by atomic mass is 79.9. The SMILES string of the molecule is Cn1nc(C2CCNCC2)nc1NC(=O)Cc1ccccc1Br. The number of halogens is 1. The van der Waals surface area contributed by atoms with Crippen LogP contribution in [0.4, 0.5) is 5.95 Å². The summed E-state index contributed by atoms with van der Waals surface area (Å²) < 4.78 is 2.58. The van der Waals surface area contributed by atoms with Gasteiger partial charge in [-0.25, -0.2) is 4.68 Å². The molecule has 0 radical (unpaired) electrons. The first-order chi connectivity index (χ1) is 11.1. The summed E-state index contributed by atoms with van der Waals surface area (Å²) in [5.74, 6) is 1.61. The molecule has 0 unspecified atom stereocenters. The fourth-order valence-electron chi connectivity index (χ4n) is 2.75. The summed E-state index contributed by atoms with van der Waals surface area (Å²) in [6, 6.07) is 7.71. The first kappa shape index (κ1) is 16.1. The van der Waals surface area contributed by atoms with E-state index in [9.17, 15) is 4.79 Å². The zero-order valence-electron chi connectivity index (χ0n) is 13.1. The average molecular weight is 378 g/mol. The van der Waals surface area contributed by atoms with Crippen LogP contribution >= 0.6 is 15.9 Å². The normalized spacial score (nSPS) is 15.6. The monoisotopic (exact) mass is 377 g/mol. The predicted octanol–water partition coefficient (Wildman–Crippen LogP) is 2.23. The van der Waals surface area contributed by atoms with Crippen LogP contribution in [0.3, 0.4) is 0 Å². The van der Waals surface area contributed by atoms with Crippen LogP contribution in [0.1, 0.15) is 30.1 Å². The van der Waals surface area contributed by atoms with Crippen LogP contribution in [0.5, 0.6) is 0 Å². The van der Waals surface area contributed by atoms with Gasteiger partial charge in [-0.15, -0.1) is 0 Å². The molecule has 1 aromatic carbocycles. The molecule has 1 aliphatic rings. The van der Waals surface area contributed by atoms with Crippen LogP contribution in [0.2, 0.25) is 0 Å². The lowest BCUT2D eigenvalue weighted by molar-refractivity contribution is -0.115. The quantitative estimate of drug-likeness (QED) is 0.856. The Morgan fingerprint density at radius 3 is 2.87 bits per heavy atom. The Morgan fingerprint density at radius 1 is 1.39 bits per heavy atom. The van der Waals surface area contributed by atoms with Crippen LogP contribution in [0, 0.1) is 0 Å². The molecule has 1 aromatic heterocycles. The van der Waals surface area contributed by atoms with Crippen LogP contribution in [-0.2, 0) is 18.3 Å². The van der Waals surface area contributed by atoms with E-state index in [4.69, 9.17) is 0 Å². The average Bonchev–Trinajstić information content (AvgIpc) is 2.91. The van der Waals surface area contributed by atoms with Crippen molar-refractivity contribution in [3.05, 3.63) is 40.1 Å². The second-order valence-corrected chi connectivity index (χ2v) is 6.61. The number of aromatic nitrogens is 3. The number of hydrogen-bond donors (Lipinski definition) is 2. The zero-order valence-corrected chi connectivity index (χ0v) is 14.6. The maximum absolute atomic E-state index is 12.2. The first-order valence-corrected chi connectivity index (χ1v) is 8.57. The number of piperidine rings is 1. The Balaban J connectivity index is 1.66. The molecular weight excluding hydrogens is 358 g/mol. The lowest BCUT2D eigenvalue weighted by atomic mass is 9.98. The smallest absolute Gasteiger partial charge is 0.231 e. The van der Waals surface area contributed by atoms with Crippen molar-refractivity contribution in [1.29, 1.82) is 0 Å². The molecule has 2 aromatic rings. The van der Waals surface area contributed by atoms with Gasteiger partial charge in [0.05, 0.1) is 6.42 Å². The zero-order chi connectivity index (χ0) is 16.2. The standard InChI is InChI=1S/C16H20BrN5O/c1-22-16(20-15(21-22)11-6-8-18-9-7-11)19-14(23)10-12-4-2-3-5-13(12)17/h2-5,11,18H,6-10H2,1H3,(H,19,20,21,23). The maximum atomic E-state index is 12.2. The second-order valence-electron chi connectivity index (χ2n) is 5.76. The van der Waals surface area contributed by atoms with E-state index < -0.39 is 0 Å². The molecule has 0 atom stereocenters. The van der Waals surface area contributed by atoms with E-state index in [1.165, 1.54) is 0 Å². The summed E-state index contributed by atoms with van der Waals surface area (Å²) in [5.41, 5.74) is 0.950. The van der Waals surface area contributed by atoms with Gasteiger partial charge in [-0.3, -0.25) is 10.1 Å². The van der Waals surface area contributed by atoms with Gasteiger partial charge in [0.25, 0.3) is 0 Å². The van der Waals surface area contributed by atoms with Gasteiger partial charge in [-0.2, -0.15) is 10.1 Å². The molecule has 0 aliphatic carbocycles. The molecule has 6 nitrogen and oxygen atoms in total. The highest BCUT2D eigenvalue weighted by molar-refractivity contribution is 9.10. The van der Waals surface area contributed by atoms with E-state index >= 15 is 0 Å². The first-order valence-electron chi connectivity index (χ1n) is 7.78. The number of carbonyl (C=O) groups is 1. The second kappa shape index (κ2) is 7.23. The Hall–Kier alpha value is -1.73. The van der Waals surface area contributed by atoms with Gasteiger partial charge in [-0.05, 0) is 37.6 Å². The summed E-state index contributed by atoms with van der Waals surface area (Å²) in [4.78, 5) is 16.8. The van der Waals surface area contributed by atoms with E-state index in [2.05, 4.69) is 36.6 Å². The highest BCUT2D eigenvalue weighted by Gasteiger charge is 2.21. The summed E-state index contributed by atoms with van der Waals surface area (Å²) >= 11 is 3.46. The van der Waals surface area contributed by atoms with Gasteiger partial charge in [0.15, 0.2) is 5.82 Å². The molecule has 1 amide bonds. The minimum absolute atomic E-state index is 0.0933. The number of carbonyl (C=O) groups excluding carboxylic acids is 1. The predicted molar refractivity (Wildman–Crippen MR) is 92.3 cm³/mol. The van der Waals surface area contributed by atoms with Gasteiger partial charge >= 0.3 is 0 Å². The van der Waals surface area contributed by atoms with Crippen molar-refractivity contribution in [2.24, 2.45) is 7.05 Å². The van der Waals surface area contributed by atoms with Crippen LogP contribution < -0.4 is 10.6 Å². The molecule has 1 saturated heterocycles. The number of rotatable bonds is 4. The van der Waals surface area contributed by atoms with Crippen LogP contribution in [0.15, 0.2) is 28.7 Å². The molecule has 3 rings (SSSR count). The number of nitrogens with one attached hydrogen (secondary N) is 2. The van der Waals surface area contributed by atoms with E-state index in [1.807, 2.05) is 31.3 Å². The van der Waals surface area contributed by atoms with Crippen molar-refractivity contribution in [2.75, 3.05) is 18.4 Å². The lowest BCUT2D eigenvalue weighted by Gasteiger charge is -2.19. The molecule has 1 aliphatic heterocycles. The summed E-state index contributed by atoms with van der Waals surface area (Å²) in [6.07, 6.45) is 2.37. The van der Waals surface area contributed by atoms with E-state index in [1.54, 1.807) is 4.68 Å². The maximum Gasteiger partial charge on any atom is 0.231 e. The third-order valence-corrected chi connectivity index (χ3v) is 4.82. The van der Waals surface area contributed by atoms with Crippen molar-refractivity contribution in [3.63, 3.8) is 0 Å². The topological polar surface area (TPSA) is 71.8 Å². The molecule has 0 bridgehead atoms. The Morgan fingerprint density at radius 2 is 2.13 bits per heavy atom. The molecule has 122 valence electrons. The molecule has 7 heteroatoms. The third-order valence-electron chi connectivity index (χ3n) is 4.04.